The second kappa shape index (κ2) is 4.63. The lowest BCUT2D eigenvalue weighted by molar-refractivity contribution is 0.622. The molecule has 2 rings (SSSR count). The fourth-order valence-corrected chi connectivity index (χ4v) is 2.46. The van der Waals surface area contributed by atoms with Crippen molar-refractivity contribution in [1.82, 2.24) is 9.97 Å². The molecule has 0 saturated carbocycles. The molecule has 88 valence electrons. The molecule has 0 spiro atoms. The van der Waals surface area contributed by atoms with E-state index in [9.17, 15) is 4.39 Å². The highest BCUT2D eigenvalue weighted by atomic mass is 32.1. The fraction of sp³-hybridized carbons (Fsp3) is 0.167. The molecule has 0 unspecified atom stereocenters. The van der Waals surface area contributed by atoms with E-state index in [4.69, 9.17) is 0 Å². The maximum absolute atomic E-state index is 13.1. The molecule has 5 heteroatoms. The van der Waals surface area contributed by atoms with E-state index >= 15 is 0 Å². The van der Waals surface area contributed by atoms with Gasteiger partial charge in [0.15, 0.2) is 0 Å². The summed E-state index contributed by atoms with van der Waals surface area (Å²) in [4.78, 5) is 10.1. The van der Waals surface area contributed by atoms with Gasteiger partial charge in [-0.2, -0.15) is 0 Å². The van der Waals surface area contributed by atoms with Gasteiger partial charge in [-0.25, -0.2) is 9.37 Å². The third-order valence-corrected chi connectivity index (χ3v) is 3.62. The highest BCUT2D eigenvalue weighted by molar-refractivity contribution is 7.19. The molecule has 0 fully saturated rings. The van der Waals surface area contributed by atoms with E-state index < -0.39 is 0 Å². The molecule has 0 aliphatic rings. The van der Waals surface area contributed by atoms with Crippen LogP contribution in [0.15, 0.2) is 31.2 Å². The van der Waals surface area contributed by atoms with E-state index in [0.29, 0.717) is 5.56 Å². The number of rotatable bonds is 3. The minimum atomic E-state index is -0.353. The minimum Gasteiger partial charge on any atom is -0.342 e. The van der Waals surface area contributed by atoms with Crippen molar-refractivity contribution in [1.29, 1.82) is 0 Å². The molecule has 0 amide bonds. The van der Waals surface area contributed by atoms with Crippen molar-refractivity contribution in [3.05, 3.63) is 42.8 Å². The lowest BCUT2D eigenvalue weighted by atomic mass is 10.3. The van der Waals surface area contributed by atoms with Crippen molar-refractivity contribution >= 4 is 16.3 Å². The van der Waals surface area contributed by atoms with Gasteiger partial charge in [0.05, 0.1) is 11.9 Å². The van der Waals surface area contributed by atoms with Crippen molar-refractivity contribution in [2.24, 2.45) is 0 Å². The van der Waals surface area contributed by atoms with Crippen LogP contribution in [0.25, 0.3) is 10.6 Å². The molecule has 2 heterocycles. The van der Waals surface area contributed by atoms with Crippen LogP contribution in [-0.2, 0) is 0 Å². The van der Waals surface area contributed by atoms with Gasteiger partial charge in [0.25, 0.3) is 0 Å². The van der Waals surface area contributed by atoms with Gasteiger partial charge >= 0.3 is 0 Å². The number of aryl methyl sites for hydroxylation is 1. The Labute approximate surface area is 103 Å². The Balaban J connectivity index is 2.44. The molecule has 0 aliphatic carbocycles. The van der Waals surface area contributed by atoms with E-state index in [-0.39, 0.29) is 5.82 Å². The van der Waals surface area contributed by atoms with E-state index in [1.54, 1.807) is 12.4 Å². The van der Waals surface area contributed by atoms with Crippen molar-refractivity contribution in [3.8, 4) is 10.6 Å². The van der Waals surface area contributed by atoms with Gasteiger partial charge in [-0.05, 0) is 19.2 Å². The van der Waals surface area contributed by atoms with E-state index in [1.165, 1.54) is 23.6 Å². The average Bonchev–Trinajstić information content (AvgIpc) is 2.70. The summed E-state index contributed by atoms with van der Waals surface area (Å²) < 4.78 is 13.1. The van der Waals surface area contributed by atoms with Crippen LogP contribution in [0.2, 0.25) is 0 Å². The summed E-state index contributed by atoms with van der Waals surface area (Å²) in [7, 11) is 1.90. The molecule has 17 heavy (non-hydrogen) atoms. The normalized spacial score (nSPS) is 10.3. The van der Waals surface area contributed by atoms with E-state index in [1.807, 2.05) is 18.9 Å². The third-order valence-electron chi connectivity index (χ3n) is 2.32. The molecule has 0 bridgehead atoms. The Bertz CT molecular complexity index is 550. The summed E-state index contributed by atoms with van der Waals surface area (Å²) >= 11 is 1.49. The topological polar surface area (TPSA) is 29.0 Å². The van der Waals surface area contributed by atoms with Gasteiger partial charge in [0, 0.05) is 18.8 Å². The van der Waals surface area contributed by atoms with Gasteiger partial charge in [0.1, 0.15) is 15.8 Å². The zero-order valence-corrected chi connectivity index (χ0v) is 10.5. The first-order valence-corrected chi connectivity index (χ1v) is 5.87. The second-order valence-electron chi connectivity index (χ2n) is 3.59. The van der Waals surface area contributed by atoms with Crippen LogP contribution in [0.4, 0.5) is 9.39 Å². The number of aromatic nitrogens is 2. The van der Waals surface area contributed by atoms with Crippen LogP contribution in [-0.4, -0.2) is 17.0 Å². The molecule has 0 radical (unpaired) electrons. The van der Waals surface area contributed by atoms with Crippen LogP contribution in [0.5, 0.6) is 0 Å². The number of thiazole rings is 1. The smallest absolute Gasteiger partial charge is 0.142 e. The fourth-order valence-electron chi connectivity index (χ4n) is 1.45. The first-order chi connectivity index (χ1) is 8.11. The molecule has 2 aromatic heterocycles. The first-order valence-electron chi connectivity index (χ1n) is 5.05. The maximum atomic E-state index is 13.1. The van der Waals surface area contributed by atoms with Crippen LogP contribution in [0.3, 0.4) is 0 Å². The molecule has 0 N–H and O–H groups in total. The summed E-state index contributed by atoms with van der Waals surface area (Å²) in [6.45, 7) is 5.63. The van der Waals surface area contributed by atoms with Crippen LogP contribution in [0.1, 0.15) is 5.69 Å². The summed E-state index contributed by atoms with van der Waals surface area (Å²) in [5.74, 6) is -0.353. The van der Waals surface area contributed by atoms with Crippen LogP contribution < -0.4 is 4.90 Å². The van der Waals surface area contributed by atoms with Crippen molar-refractivity contribution < 1.29 is 4.39 Å². The molecular weight excluding hydrogens is 237 g/mol. The molecule has 3 nitrogen and oxygen atoms in total. The molecule has 0 aromatic carbocycles. The maximum Gasteiger partial charge on any atom is 0.142 e. The largest absolute Gasteiger partial charge is 0.342 e. The Morgan fingerprint density at radius 1 is 1.47 bits per heavy atom. The molecule has 2 aromatic rings. The quantitative estimate of drug-likeness (QED) is 0.836. The second-order valence-corrected chi connectivity index (χ2v) is 4.57. The summed E-state index contributed by atoms with van der Waals surface area (Å²) in [5, 5.41) is 1.76. The zero-order chi connectivity index (χ0) is 12.4. The van der Waals surface area contributed by atoms with Crippen LogP contribution >= 0.6 is 11.3 Å². The van der Waals surface area contributed by atoms with Crippen LogP contribution in [0, 0.1) is 12.7 Å². The van der Waals surface area contributed by atoms with Gasteiger partial charge < -0.3 is 4.90 Å². The standard InChI is InChI=1S/C12H12FN3S/c1-4-16(3)12-8(2)15-11(17-12)9-5-10(13)7-14-6-9/h4-7H,1H2,2-3H3. The SMILES string of the molecule is C=CN(C)c1sc(-c2cncc(F)c2)nc1C. The lowest BCUT2D eigenvalue weighted by Crippen LogP contribution is -2.05. The van der Waals surface area contributed by atoms with E-state index in [0.717, 1.165) is 15.7 Å². The molecule has 0 atom stereocenters. The Morgan fingerprint density at radius 2 is 2.24 bits per heavy atom. The number of hydrogen-bond acceptors (Lipinski definition) is 4. The van der Waals surface area contributed by atoms with Gasteiger partial charge in [-0.3, -0.25) is 4.98 Å². The number of nitrogens with zero attached hydrogens (tertiary/aromatic N) is 3. The van der Waals surface area contributed by atoms with Gasteiger partial charge in [-0.1, -0.05) is 17.9 Å². The van der Waals surface area contributed by atoms with Gasteiger partial charge in [-0.15, -0.1) is 0 Å². The average molecular weight is 249 g/mol. The zero-order valence-electron chi connectivity index (χ0n) is 9.64. The van der Waals surface area contributed by atoms with Crippen molar-refractivity contribution in [2.75, 3.05) is 11.9 Å². The first kappa shape index (κ1) is 11.7. The van der Waals surface area contributed by atoms with Crippen molar-refractivity contribution in [3.63, 3.8) is 0 Å². The monoisotopic (exact) mass is 249 g/mol. The minimum absolute atomic E-state index is 0.353. The number of anilines is 1. The molecular formula is C12H12FN3S. The number of halogens is 1. The predicted molar refractivity (Wildman–Crippen MR) is 68.6 cm³/mol. The molecule has 0 saturated heterocycles. The number of hydrogen-bond donors (Lipinski definition) is 0. The lowest BCUT2D eigenvalue weighted by Gasteiger charge is -2.09. The van der Waals surface area contributed by atoms with Crippen molar-refractivity contribution in [2.45, 2.75) is 6.92 Å². The third kappa shape index (κ3) is 2.34. The molecule has 0 aliphatic heterocycles. The summed E-state index contributed by atoms with van der Waals surface area (Å²) in [6.07, 6.45) is 4.51. The predicted octanol–water partition coefficient (Wildman–Crippen LogP) is 3.23. The van der Waals surface area contributed by atoms with Gasteiger partial charge in [0.2, 0.25) is 0 Å². The summed E-state index contributed by atoms with van der Waals surface area (Å²) in [6, 6.07) is 1.43. The Morgan fingerprint density at radius 3 is 2.88 bits per heavy atom. The Kier molecular flexibility index (Phi) is 3.19. The Hall–Kier alpha value is -1.75. The highest BCUT2D eigenvalue weighted by Crippen LogP contribution is 2.33. The highest BCUT2D eigenvalue weighted by Gasteiger charge is 2.12. The summed E-state index contributed by atoms with van der Waals surface area (Å²) in [5.41, 5.74) is 1.60. The van der Waals surface area contributed by atoms with E-state index in [2.05, 4.69) is 16.5 Å². The number of pyridine rings is 1.